The molecule has 0 aliphatic heterocycles. The zero-order valence-corrected chi connectivity index (χ0v) is 13.6. The lowest BCUT2D eigenvalue weighted by Crippen LogP contribution is -2.04. The van der Waals surface area contributed by atoms with Crippen molar-refractivity contribution in [3.05, 3.63) is 72.6 Å². The third-order valence-electron chi connectivity index (χ3n) is 3.70. The van der Waals surface area contributed by atoms with E-state index in [0.29, 0.717) is 23.9 Å². The molecule has 4 rings (SSSR count). The first kappa shape index (κ1) is 15.1. The normalized spacial score (nSPS) is 10.8. The van der Waals surface area contributed by atoms with Crippen molar-refractivity contribution >= 4 is 5.95 Å². The molecule has 0 saturated carbocycles. The number of aryl methyl sites for hydroxylation is 1. The van der Waals surface area contributed by atoms with E-state index in [2.05, 4.69) is 20.3 Å². The monoisotopic (exact) mass is 332 g/mol. The summed E-state index contributed by atoms with van der Waals surface area (Å²) in [5, 5.41) is 3.18. The van der Waals surface area contributed by atoms with Gasteiger partial charge in [0, 0.05) is 18.0 Å². The van der Waals surface area contributed by atoms with E-state index in [1.165, 1.54) is 0 Å². The molecule has 0 aromatic carbocycles. The highest BCUT2D eigenvalue weighted by Crippen LogP contribution is 2.29. The van der Waals surface area contributed by atoms with Gasteiger partial charge in [0.25, 0.3) is 0 Å². The number of anilines is 1. The van der Waals surface area contributed by atoms with Gasteiger partial charge < -0.3 is 14.2 Å². The minimum Gasteiger partial charge on any atom is -0.465 e. The van der Waals surface area contributed by atoms with Crippen molar-refractivity contribution in [1.29, 1.82) is 0 Å². The predicted octanol–water partition coefficient (Wildman–Crippen LogP) is 4.31. The van der Waals surface area contributed by atoms with Crippen LogP contribution < -0.4 is 5.32 Å². The Bertz CT molecular complexity index is 962. The Labute approximate surface area is 144 Å². The Morgan fingerprint density at radius 1 is 1.04 bits per heavy atom. The largest absolute Gasteiger partial charge is 0.465 e. The highest BCUT2D eigenvalue weighted by molar-refractivity contribution is 5.76. The molecule has 0 radical (unpaired) electrons. The van der Waals surface area contributed by atoms with Crippen molar-refractivity contribution in [2.24, 2.45) is 0 Å². The van der Waals surface area contributed by atoms with Crippen LogP contribution in [0.3, 0.4) is 0 Å². The number of pyridine rings is 1. The molecule has 6 nitrogen and oxygen atoms in total. The van der Waals surface area contributed by atoms with E-state index in [1.807, 2.05) is 49.4 Å². The minimum absolute atomic E-state index is 0.500. The van der Waals surface area contributed by atoms with Crippen LogP contribution in [-0.2, 0) is 6.54 Å². The van der Waals surface area contributed by atoms with Crippen LogP contribution in [0.5, 0.6) is 0 Å². The lowest BCUT2D eigenvalue weighted by atomic mass is 10.1. The highest BCUT2D eigenvalue weighted by atomic mass is 16.3. The summed E-state index contributed by atoms with van der Waals surface area (Å²) in [6.45, 7) is 2.42. The first-order valence-electron chi connectivity index (χ1n) is 7.91. The number of hydrogen-bond acceptors (Lipinski definition) is 6. The molecule has 0 bridgehead atoms. The minimum atomic E-state index is 0.500. The van der Waals surface area contributed by atoms with Gasteiger partial charge in [-0.1, -0.05) is 6.07 Å². The average molecular weight is 332 g/mol. The third-order valence-corrected chi connectivity index (χ3v) is 3.70. The maximum absolute atomic E-state index is 5.55. The Hall–Kier alpha value is -3.41. The SMILES string of the molecule is Cc1ccc(CNc2ncc(-c3ccccn3)c(-c3ccco3)n2)o1. The number of furan rings is 2. The first-order valence-corrected chi connectivity index (χ1v) is 7.91. The van der Waals surface area contributed by atoms with Gasteiger partial charge in [0.15, 0.2) is 5.76 Å². The highest BCUT2D eigenvalue weighted by Gasteiger charge is 2.14. The molecule has 0 atom stereocenters. The predicted molar refractivity (Wildman–Crippen MR) is 93.7 cm³/mol. The second kappa shape index (κ2) is 6.60. The van der Waals surface area contributed by atoms with Gasteiger partial charge in [-0.25, -0.2) is 9.97 Å². The van der Waals surface area contributed by atoms with Gasteiger partial charge in [-0.3, -0.25) is 4.98 Å². The number of aromatic nitrogens is 3. The summed E-state index contributed by atoms with van der Waals surface area (Å²) in [6, 6.07) is 13.3. The van der Waals surface area contributed by atoms with Crippen molar-refractivity contribution in [2.45, 2.75) is 13.5 Å². The summed E-state index contributed by atoms with van der Waals surface area (Å²) in [6.07, 6.45) is 5.12. The van der Waals surface area contributed by atoms with E-state index in [4.69, 9.17) is 8.83 Å². The van der Waals surface area contributed by atoms with E-state index >= 15 is 0 Å². The van der Waals surface area contributed by atoms with E-state index in [-0.39, 0.29) is 0 Å². The van der Waals surface area contributed by atoms with Crippen LogP contribution in [0.4, 0.5) is 5.95 Å². The Balaban J connectivity index is 1.67. The molecule has 124 valence electrons. The van der Waals surface area contributed by atoms with Gasteiger partial charge in [0.05, 0.1) is 18.5 Å². The molecule has 0 unspecified atom stereocenters. The molecule has 4 heterocycles. The van der Waals surface area contributed by atoms with E-state index in [9.17, 15) is 0 Å². The van der Waals surface area contributed by atoms with Crippen molar-refractivity contribution in [1.82, 2.24) is 15.0 Å². The summed E-state index contributed by atoms with van der Waals surface area (Å²) >= 11 is 0. The molecular weight excluding hydrogens is 316 g/mol. The molecule has 0 amide bonds. The molecule has 0 spiro atoms. The fourth-order valence-electron chi connectivity index (χ4n) is 2.52. The lowest BCUT2D eigenvalue weighted by Gasteiger charge is -2.09. The Morgan fingerprint density at radius 2 is 2.00 bits per heavy atom. The molecule has 0 aliphatic rings. The zero-order chi connectivity index (χ0) is 17.1. The van der Waals surface area contributed by atoms with Crippen LogP contribution in [-0.4, -0.2) is 15.0 Å². The zero-order valence-electron chi connectivity index (χ0n) is 13.6. The van der Waals surface area contributed by atoms with E-state index in [0.717, 1.165) is 22.8 Å². The maximum Gasteiger partial charge on any atom is 0.223 e. The van der Waals surface area contributed by atoms with Crippen molar-refractivity contribution < 1.29 is 8.83 Å². The summed E-state index contributed by atoms with van der Waals surface area (Å²) in [7, 11) is 0. The fraction of sp³-hybridized carbons (Fsp3) is 0.105. The Morgan fingerprint density at radius 3 is 2.72 bits per heavy atom. The summed E-state index contributed by atoms with van der Waals surface area (Å²) < 4.78 is 11.1. The lowest BCUT2D eigenvalue weighted by molar-refractivity contribution is 0.490. The second-order valence-corrected chi connectivity index (χ2v) is 5.51. The number of nitrogens with one attached hydrogen (secondary N) is 1. The molecule has 6 heteroatoms. The van der Waals surface area contributed by atoms with Gasteiger partial charge in [-0.2, -0.15) is 0 Å². The first-order chi connectivity index (χ1) is 12.3. The summed E-state index contributed by atoms with van der Waals surface area (Å²) in [5.41, 5.74) is 2.30. The third kappa shape index (κ3) is 3.28. The van der Waals surface area contributed by atoms with E-state index in [1.54, 1.807) is 18.7 Å². The van der Waals surface area contributed by atoms with Crippen LogP contribution in [0, 0.1) is 6.92 Å². The average Bonchev–Trinajstić information content (AvgIpc) is 3.32. The topological polar surface area (TPSA) is 77.0 Å². The van der Waals surface area contributed by atoms with Gasteiger partial charge in [-0.05, 0) is 43.3 Å². The van der Waals surface area contributed by atoms with Crippen molar-refractivity contribution in [3.8, 4) is 22.7 Å². The number of nitrogens with zero attached hydrogens (tertiary/aromatic N) is 3. The van der Waals surface area contributed by atoms with Gasteiger partial charge in [0.1, 0.15) is 17.2 Å². The summed E-state index contributed by atoms with van der Waals surface area (Å²) in [5.74, 6) is 2.87. The van der Waals surface area contributed by atoms with Crippen LogP contribution in [0.25, 0.3) is 22.7 Å². The summed E-state index contributed by atoms with van der Waals surface area (Å²) in [4.78, 5) is 13.4. The van der Waals surface area contributed by atoms with Crippen LogP contribution in [0.1, 0.15) is 11.5 Å². The second-order valence-electron chi connectivity index (χ2n) is 5.51. The molecule has 4 aromatic rings. The van der Waals surface area contributed by atoms with Gasteiger partial charge >= 0.3 is 0 Å². The number of rotatable bonds is 5. The molecule has 0 aliphatic carbocycles. The Kier molecular flexibility index (Phi) is 4.00. The quantitative estimate of drug-likeness (QED) is 0.587. The molecule has 0 saturated heterocycles. The van der Waals surface area contributed by atoms with Crippen LogP contribution in [0.2, 0.25) is 0 Å². The standard InChI is InChI=1S/C19H16N4O2/c1-13-7-8-14(25-13)11-21-19-22-12-15(16-5-2-3-9-20-16)18(23-19)17-6-4-10-24-17/h2-10,12H,11H2,1H3,(H,21,22,23). The van der Waals surface area contributed by atoms with Gasteiger partial charge in [-0.15, -0.1) is 0 Å². The number of hydrogen-bond donors (Lipinski definition) is 1. The van der Waals surface area contributed by atoms with Crippen LogP contribution in [0.15, 0.2) is 70.0 Å². The van der Waals surface area contributed by atoms with Gasteiger partial charge in [0.2, 0.25) is 5.95 Å². The molecule has 1 N–H and O–H groups in total. The molecule has 0 fully saturated rings. The van der Waals surface area contributed by atoms with E-state index < -0.39 is 0 Å². The molecule has 4 aromatic heterocycles. The smallest absolute Gasteiger partial charge is 0.223 e. The van der Waals surface area contributed by atoms with Crippen LogP contribution >= 0.6 is 0 Å². The molecular formula is C19H16N4O2. The van der Waals surface area contributed by atoms with Crippen molar-refractivity contribution in [2.75, 3.05) is 5.32 Å². The maximum atomic E-state index is 5.55. The fourth-order valence-corrected chi connectivity index (χ4v) is 2.52. The molecule has 25 heavy (non-hydrogen) atoms. The van der Waals surface area contributed by atoms with Crippen molar-refractivity contribution in [3.63, 3.8) is 0 Å².